The maximum atomic E-state index is 10.9. The Morgan fingerprint density at radius 3 is 2.75 bits per heavy atom. The van der Waals surface area contributed by atoms with Gasteiger partial charge in [-0.1, -0.05) is 24.0 Å². The van der Waals surface area contributed by atoms with Crippen LogP contribution < -0.4 is 0 Å². The summed E-state index contributed by atoms with van der Waals surface area (Å²) >= 11 is 0. The standard InChI is InChI=1S/C13H12O3/c1-10(14)8-12-6-2-4-11(9-12)5-3-7-13(15)16/h2,4,6,9H,7-8H2,1H3,(H,15,16). The normalized spacial score (nSPS) is 9.06. The molecule has 3 nitrogen and oxygen atoms in total. The van der Waals surface area contributed by atoms with Crippen LogP contribution in [0.1, 0.15) is 24.5 Å². The van der Waals surface area contributed by atoms with Crippen LogP contribution in [0.3, 0.4) is 0 Å². The number of hydrogen-bond donors (Lipinski definition) is 1. The Morgan fingerprint density at radius 2 is 2.12 bits per heavy atom. The first-order valence-electron chi connectivity index (χ1n) is 4.87. The van der Waals surface area contributed by atoms with Gasteiger partial charge in [0.25, 0.3) is 0 Å². The molecule has 0 aromatic heterocycles. The second-order valence-electron chi connectivity index (χ2n) is 3.45. The molecule has 0 radical (unpaired) electrons. The number of benzene rings is 1. The molecule has 0 bridgehead atoms. The molecule has 0 atom stereocenters. The Balaban J connectivity index is 2.76. The summed E-state index contributed by atoms with van der Waals surface area (Å²) in [7, 11) is 0. The average Bonchev–Trinajstić information content (AvgIpc) is 2.16. The molecule has 0 heterocycles. The van der Waals surface area contributed by atoms with Crippen LogP contribution in [0.2, 0.25) is 0 Å². The van der Waals surface area contributed by atoms with E-state index in [4.69, 9.17) is 5.11 Å². The first-order chi connectivity index (χ1) is 7.58. The fraction of sp³-hybridized carbons (Fsp3) is 0.231. The zero-order valence-corrected chi connectivity index (χ0v) is 8.99. The molecule has 0 saturated heterocycles. The van der Waals surface area contributed by atoms with E-state index in [-0.39, 0.29) is 12.2 Å². The van der Waals surface area contributed by atoms with Crippen molar-refractivity contribution in [2.24, 2.45) is 0 Å². The molecule has 0 fully saturated rings. The molecule has 16 heavy (non-hydrogen) atoms. The molecule has 1 rings (SSSR count). The van der Waals surface area contributed by atoms with Gasteiger partial charge in [-0.25, -0.2) is 0 Å². The van der Waals surface area contributed by atoms with Crippen molar-refractivity contribution < 1.29 is 14.7 Å². The minimum atomic E-state index is -0.938. The minimum Gasteiger partial charge on any atom is -0.481 e. The van der Waals surface area contributed by atoms with E-state index in [1.165, 1.54) is 6.92 Å². The Labute approximate surface area is 94.1 Å². The lowest BCUT2D eigenvalue weighted by Crippen LogP contribution is -1.96. The lowest BCUT2D eigenvalue weighted by atomic mass is 10.1. The van der Waals surface area contributed by atoms with Crippen LogP contribution >= 0.6 is 0 Å². The van der Waals surface area contributed by atoms with Crippen molar-refractivity contribution in [3.63, 3.8) is 0 Å². The zero-order valence-electron chi connectivity index (χ0n) is 8.99. The highest BCUT2D eigenvalue weighted by Crippen LogP contribution is 2.05. The summed E-state index contributed by atoms with van der Waals surface area (Å²) in [5, 5.41) is 8.42. The quantitative estimate of drug-likeness (QED) is 0.781. The van der Waals surface area contributed by atoms with Crippen LogP contribution in [-0.4, -0.2) is 16.9 Å². The number of Topliss-reactive ketones (excluding diaryl/α,β-unsaturated/α-hetero) is 1. The molecule has 0 aliphatic heterocycles. The highest BCUT2D eigenvalue weighted by Gasteiger charge is 1.97. The molecule has 82 valence electrons. The number of ketones is 1. The molecule has 1 aromatic rings. The van der Waals surface area contributed by atoms with E-state index in [2.05, 4.69) is 11.8 Å². The van der Waals surface area contributed by atoms with Crippen molar-refractivity contribution >= 4 is 11.8 Å². The maximum Gasteiger partial charge on any atom is 0.315 e. The van der Waals surface area contributed by atoms with Crippen molar-refractivity contribution in [2.45, 2.75) is 19.8 Å². The summed E-state index contributed by atoms with van der Waals surface area (Å²) in [4.78, 5) is 21.2. The number of carbonyl (C=O) groups excluding carboxylic acids is 1. The molecular weight excluding hydrogens is 204 g/mol. The van der Waals surface area contributed by atoms with Crippen LogP contribution in [0.25, 0.3) is 0 Å². The highest BCUT2D eigenvalue weighted by atomic mass is 16.4. The number of carboxylic acid groups (broad SMARTS) is 1. The van der Waals surface area contributed by atoms with Gasteiger partial charge in [0, 0.05) is 12.0 Å². The first kappa shape index (κ1) is 12.0. The van der Waals surface area contributed by atoms with Crippen LogP contribution in [0, 0.1) is 11.8 Å². The molecule has 0 aliphatic carbocycles. The Bertz CT molecular complexity index is 464. The molecule has 0 unspecified atom stereocenters. The fourth-order valence-electron chi connectivity index (χ4n) is 1.27. The van der Waals surface area contributed by atoms with Crippen LogP contribution in [-0.2, 0) is 16.0 Å². The predicted molar refractivity (Wildman–Crippen MR) is 60.0 cm³/mol. The average molecular weight is 216 g/mol. The molecular formula is C13H12O3. The summed E-state index contributed by atoms with van der Waals surface area (Å²) in [6.07, 6.45) is 0.214. The lowest BCUT2D eigenvalue weighted by Gasteiger charge is -1.97. The second-order valence-corrected chi connectivity index (χ2v) is 3.45. The van der Waals surface area contributed by atoms with Gasteiger partial charge in [-0.15, -0.1) is 0 Å². The van der Waals surface area contributed by atoms with Crippen LogP contribution in [0.5, 0.6) is 0 Å². The van der Waals surface area contributed by atoms with E-state index in [9.17, 15) is 9.59 Å². The van der Waals surface area contributed by atoms with E-state index >= 15 is 0 Å². The lowest BCUT2D eigenvalue weighted by molar-refractivity contribution is -0.135. The summed E-state index contributed by atoms with van der Waals surface area (Å²) < 4.78 is 0. The molecule has 3 heteroatoms. The number of aliphatic carboxylic acids is 1. The van der Waals surface area contributed by atoms with Crippen molar-refractivity contribution in [3.8, 4) is 11.8 Å². The first-order valence-corrected chi connectivity index (χ1v) is 4.87. The van der Waals surface area contributed by atoms with Crippen LogP contribution in [0.4, 0.5) is 0 Å². The van der Waals surface area contributed by atoms with Gasteiger partial charge in [0.05, 0.1) is 0 Å². The Morgan fingerprint density at radius 1 is 1.38 bits per heavy atom. The van der Waals surface area contributed by atoms with Crippen LogP contribution in [0.15, 0.2) is 24.3 Å². The molecule has 1 N–H and O–H groups in total. The third kappa shape index (κ3) is 4.43. The molecule has 0 aliphatic rings. The number of carbonyl (C=O) groups is 2. The van der Waals surface area contributed by atoms with Gasteiger partial charge in [-0.05, 0) is 24.6 Å². The SMILES string of the molecule is CC(=O)Cc1cccc(C#CCC(=O)O)c1. The van der Waals surface area contributed by atoms with E-state index in [0.717, 1.165) is 11.1 Å². The molecule has 0 amide bonds. The van der Waals surface area contributed by atoms with Gasteiger partial charge in [0.15, 0.2) is 0 Å². The van der Waals surface area contributed by atoms with Crippen molar-refractivity contribution in [2.75, 3.05) is 0 Å². The third-order valence-corrected chi connectivity index (χ3v) is 1.85. The fourth-order valence-corrected chi connectivity index (χ4v) is 1.27. The monoisotopic (exact) mass is 216 g/mol. The van der Waals surface area contributed by atoms with E-state index < -0.39 is 5.97 Å². The van der Waals surface area contributed by atoms with Crippen molar-refractivity contribution in [1.29, 1.82) is 0 Å². The van der Waals surface area contributed by atoms with Gasteiger partial charge < -0.3 is 5.11 Å². The summed E-state index contributed by atoms with van der Waals surface area (Å²) in [6.45, 7) is 1.53. The zero-order chi connectivity index (χ0) is 12.0. The second kappa shape index (κ2) is 5.72. The number of hydrogen-bond acceptors (Lipinski definition) is 2. The highest BCUT2D eigenvalue weighted by molar-refractivity contribution is 5.78. The molecule has 0 spiro atoms. The van der Waals surface area contributed by atoms with E-state index in [0.29, 0.717) is 6.42 Å². The molecule has 1 aromatic carbocycles. The van der Waals surface area contributed by atoms with Gasteiger partial charge in [0.2, 0.25) is 0 Å². The van der Waals surface area contributed by atoms with Gasteiger partial charge in [-0.2, -0.15) is 0 Å². The topological polar surface area (TPSA) is 54.4 Å². The number of carboxylic acids is 1. The van der Waals surface area contributed by atoms with Crippen molar-refractivity contribution in [3.05, 3.63) is 35.4 Å². The Hall–Kier alpha value is -2.08. The summed E-state index contributed by atoms with van der Waals surface area (Å²) in [5.74, 6) is 4.45. The largest absolute Gasteiger partial charge is 0.481 e. The number of rotatable bonds is 3. The van der Waals surface area contributed by atoms with Crippen molar-refractivity contribution in [1.82, 2.24) is 0 Å². The minimum absolute atomic E-state index is 0.0932. The van der Waals surface area contributed by atoms with E-state index in [1.54, 1.807) is 12.1 Å². The Kier molecular flexibility index (Phi) is 4.28. The maximum absolute atomic E-state index is 10.9. The molecule has 0 saturated carbocycles. The van der Waals surface area contributed by atoms with Gasteiger partial charge in [-0.3, -0.25) is 9.59 Å². The van der Waals surface area contributed by atoms with Gasteiger partial charge in [0.1, 0.15) is 12.2 Å². The summed E-state index contributed by atoms with van der Waals surface area (Å²) in [5.41, 5.74) is 1.63. The third-order valence-electron chi connectivity index (χ3n) is 1.85. The van der Waals surface area contributed by atoms with Gasteiger partial charge >= 0.3 is 5.97 Å². The smallest absolute Gasteiger partial charge is 0.315 e. The predicted octanol–water partition coefficient (Wildman–Crippen LogP) is 1.64. The van der Waals surface area contributed by atoms with E-state index in [1.807, 2.05) is 12.1 Å². The summed E-state index contributed by atoms with van der Waals surface area (Å²) in [6, 6.07) is 7.25.